The Bertz CT molecular complexity index is 1180. The van der Waals surface area contributed by atoms with Crippen molar-refractivity contribution in [3.8, 4) is 0 Å². The predicted octanol–water partition coefficient (Wildman–Crippen LogP) is 14.2. The predicted molar refractivity (Wildman–Crippen MR) is 223 cm³/mol. The van der Waals surface area contributed by atoms with Crippen LogP contribution in [0.25, 0.3) is 16.9 Å². The summed E-state index contributed by atoms with van der Waals surface area (Å²) in [5.74, 6) is 0. The summed E-state index contributed by atoms with van der Waals surface area (Å²) < 4.78 is 1.46. The molecular formula is C47H78N2NiO2. The maximum absolute atomic E-state index is 11.5. The molecule has 0 aromatic heterocycles. The molecular weight excluding hydrogens is 683 g/mol. The van der Waals surface area contributed by atoms with E-state index in [0.717, 1.165) is 67.5 Å². The number of unbranched alkanes of at least 4 members (excludes halogenated alkanes) is 16. The summed E-state index contributed by atoms with van der Waals surface area (Å²) in [6.45, 7) is 11.6. The molecule has 52 heavy (non-hydrogen) atoms. The maximum Gasteiger partial charge on any atom is 0.210 e. The molecule has 2 aromatic carbocycles. The van der Waals surface area contributed by atoms with E-state index in [4.69, 9.17) is 10.2 Å². The molecule has 2 N–H and O–H groups in total. The van der Waals surface area contributed by atoms with Gasteiger partial charge in [0.2, 0.25) is 11.4 Å². The van der Waals surface area contributed by atoms with Crippen molar-refractivity contribution < 1.29 is 31.4 Å². The van der Waals surface area contributed by atoms with E-state index in [9.17, 15) is 5.53 Å². The van der Waals surface area contributed by atoms with Gasteiger partial charge in [0.05, 0.1) is 0 Å². The molecule has 2 aromatic rings. The van der Waals surface area contributed by atoms with E-state index in [2.05, 4.69) is 89.2 Å². The second-order valence-corrected chi connectivity index (χ2v) is 14.5. The average molecular weight is 762 g/mol. The SMILES string of the molecule is CCCCCCCCCCCCCCCC1=C(c2ccc(CCCC)cc2)[N+](=[N-])C(c2ccc(CCCC)cc2)=C1.CCCCO.CCCCO.[Ni]. The van der Waals surface area contributed by atoms with E-state index in [1.807, 2.05) is 0 Å². The first kappa shape index (κ1) is 49.9. The first-order valence-corrected chi connectivity index (χ1v) is 21.3. The van der Waals surface area contributed by atoms with E-state index in [-0.39, 0.29) is 16.5 Å². The van der Waals surface area contributed by atoms with Gasteiger partial charge in [-0.1, -0.05) is 162 Å². The fourth-order valence-electron chi connectivity index (χ4n) is 6.34. The Hall–Kier alpha value is -2.07. The number of nitrogens with zero attached hydrogens (tertiary/aromatic N) is 2. The second kappa shape index (κ2) is 34.7. The van der Waals surface area contributed by atoms with Crippen LogP contribution in [0.15, 0.2) is 60.2 Å². The second-order valence-electron chi connectivity index (χ2n) is 14.5. The Balaban J connectivity index is 0.00000208. The van der Waals surface area contributed by atoms with Crippen LogP contribution in [0, 0.1) is 0 Å². The van der Waals surface area contributed by atoms with Crippen LogP contribution in [0.2, 0.25) is 0 Å². The molecule has 1 heterocycles. The van der Waals surface area contributed by atoms with Gasteiger partial charge in [-0.2, -0.15) is 0 Å². The molecule has 4 nitrogen and oxygen atoms in total. The fraction of sp³-hybridized carbons (Fsp3) is 0.660. The average Bonchev–Trinajstić information content (AvgIpc) is 3.48. The van der Waals surface area contributed by atoms with Crippen LogP contribution in [0.4, 0.5) is 0 Å². The van der Waals surface area contributed by atoms with Crippen LogP contribution in [0.1, 0.15) is 198 Å². The van der Waals surface area contributed by atoms with Crippen molar-refractivity contribution in [2.75, 3.05) is 13.2 Å². The molecule has 1 aliphatic heterocycles. The minimum Gasteiger partial charge on any atom is -0.493 e. The van der Waals surface area contributed by atoms with Crippen molar-refractivity contribution in [2.24, 2.45) is 0 Å². The molecule has 0 aliphatic carbocycles. The molecule has 0 fully saturated rings. The van der Waals surface area contributed by atoms with Crippen molar-refractivity contribution in [2.45, 2.75) is 189 Å². The monoisotopic (exact) mass is 761 g/mol. The quantitative estimate of drug-likeness (QED) is 0.0569. The van der Waals surface area contributed by atoms with Gasteiger partial charge in [-0.25, -0.2) is 4.70 Å². The van der Waals surface area contributed by atoms with Crippen molar-refractivity contribution in [3.05, 3.63) is 88.0 Å². The number of hydrogen-bond acceptors (Lipinski definition) is 2. The summed E-state index contributed by atoms with van der Waals surface area (Å²) in [5, 5.41) is 16.1. The largest absolute Gasteiger partial charge is 0.493 e. The Morgan fingerprint density at radius 3 is 1.17 bits per heavy atom. The maximum atomic E-state index is 11.5. The minimum absolute atomic E-state index is 0. The van der Waals surface area contributed by atoms with Crippen LogP contribution in [0.3, 0.4) is 0 Å². The first-order chi connectivity index (χ1) is 25.0. The standard InChI is InChI=1S/C39H58N2.2C4H10O.Ni/c1-4-7-10-11-12-13-14-15-16-17-18-19-20-23-37-32-38(35-28-24-33(25-29-35)21-8-5-2)41(40)39(37)36-30-26-34(27-31-36)22-9-6-3;2*1-2-3-4-5;/h24-32H,4-23H2,1-3H3;2*5H,2-4H2,1H3;. The molecule has 0 spiro atoms. The molecule has 1 aliphatic rings. The Morgan fingerprint density at radius 2 is 0.808 bits per heavy atom. The van der Waals surface area contributed by atoms with Gasteiger partial charge >= 0.3 is 0 Å². The summed E-state index contributed by atoms with van der Waals surface area (Å²) in [7, 11) is 0. The van der Waals surface area contributed by atoms with Crippen LogP contribution in [0.5, 0.6) is 0 Å². The zero-order valence-electron chi connectivity index (χ0n) is 34.2. The van der Waals surface area contributed by atoms with E-state index in [1.165, 1.54) is 131 Å². The third kappa shape index (κ3) is 22.2. The number of aryl methyl sites for hydroxylation is 2. The summed E-state index contributed by atoms with van der Waals surface area (Å²) >= 11 is 0. The minimum atomic E-state index is 0. The number of allylic oxidation sites excluding steroid dienone is 2. The summed E-state index contributed by atoms with van der Waals surface area (Å²) in [6, 6.07) is 17.7. The van der Waals surface area contributed by atoms with Crippen LogP contribution in [-0.4, -0.2) is 28.1 Å². The molecule has 5 heteroatoms. The van der Waals surface area contributed by atoms with Gasteiger partial charge in [-0.05, 0) is 86.8 Å². The van der Waals surface area contributed by atoms with Crippen LogP contribution >= 0.6 is 0 Å². The summed E-state index contributed by atoms with van der Waals surface area (Å²) in [5.41, 5.74) is 19.6. The number of hydrogen-bond donors (Lipinski definition) is 2. The van der Waals surface area contributed by atoms with Gasteiger partial charge in [0.25, 0.3) is 0 Å². The Morgan fingerprint density at radius 1 is 0.442 bits per heavy atom. The van der Waals surface area contributed by atoms with Gasteiger partial charge in [-0.3, -0.25) is 0 Å². The molecule has 0 amide bonds. The number of aliphatic hydroxyl groups is 2. The van der Waals surface area contributed by atoms with E-state index >= 15 is 0 Å². The van der Waals surface area contributed by atoms with Gasteiger partial charge in [0.15, 0.2) is 0 Å². The zero-order valence-corrected chi connectivity index (χ0v) is 35.2. The van der Waals surface area contributed by atoms with Gasteiger partial charge in [0, 0.05) is 52.5 Å². The fourth-order valence-corrected chi connectivity index (χ4v) is 6.34. The van der Waals surface area contributed by atoms with E-state index < -0.39 is 0 Å². The molecule has 0 atom stereocenters. The third-order valence-corrected chi connectivity index (χ3v) is 9.74. The topological polar surface area (TPSA) is 65.8 Å². The zero-order chi connectivity index (χ0) is 37.4. The van der Waals surface area contributed by atoms with Crippen LogP contribution < -0.4 is 0 Å². The molecule has 0 saturated carbocycles. The van der Waals surface area contributed by atoms with E-state index in [1.54, 1.807) is 0 Å². The van der Waals surface area contributed by atoms with Crippen molar-refractivity contribution >= 4 is 11.4 Å². The van der Waals surface area contributed by atoms with Crippen molar-refractivity contribution in [1.82, 2.24) is 0 Å². The number of benzene rings is 2. The molecule has 0 bridgehead atoms. The van der Waals surface area contributed by atoms with Crippen molar-refractivity contribution in [3.63, 3.8) is 0 Å². The Labute approximate surface area is 331 Å². The summed E-state index contributed by atoms with van der Waals surface area (Å²) in [6.07, 6.45) is 32.2. The molecule has 0 saturated heterocycles. The normalized spacial score (nSPS) is 12.1. The molecule has 298 valence electrons. The van der Waals surface area contributed by atoms with Gasteiger partial charge < -0.3 is 15.7 Å². The molecule has 0 unspecified atom stereocenters. The Kier molecular flexibility index (Phi) is 33.3. The third-order valence-electron chi connectivity index (χ3n) is 9.74. The van der Waals surface area contributed by atoms with E-state index in [0.29, 0.717) is 13.2 Å². The van der Waals surface area contributed by atoms with Gasteiger partial charge in [-0.15, -0.1) is 0 Å². The molecule has 3 rings (SSSR count). The number of aliphatic hydroxyl groups excluding tert-OH is 2. The van der Waals surface area contributed by atoms with Crippen LogP contribution in [-0.2, 0) is 29.3 Å². The smallest absolute Gasteiger partial charge is 0.210 e. The first-order valence-electron chi connectivity index (χ1n) is 21.3. The number of rotatable bonds is 26. The van der Waals surface area contributed by atoms with Gasteiger partial charge in [0.1, 0.15) is 0 Å². The molecule has 0 radical (unpaired) electrons. The summed E-state index contributed by atoms with van der Waals surface area (Å²) in [4.78, 5) is 0. The van der Waals surface area contributed by atoms with Crippen molar-refractivity contribution in [1.29, 1.82) is 0 Å².